The molecule has 0 aliphatic heterocycles. The molecule has 0 saturated heterocycles. The summed E-state index contributed by atoms with van der Waals surface area (Å²) >= 11 is 3.44. The zero-order valence-electron chi connectivity index (χ0n) is 8.35. The molecule has 0 N–H and O–H groups in total. The van der Waals surface area contributed by atoms with Gasteiger partial charge in [-0.05, 0) is 26.8 Å². The van der Waals surface area contributed by atoms with Crippen molar-refractivity contribution in [1.82, 2.24) is 4.90 Å². The molecule has 0 unspecified atom stereocenters. The van der Waals surface area contributed by atoms with E-state index in [4.69, 9.17) is 4.74 Å². The van der Waals surface area contributed by atoms with E-state index in [1.54, 1.807) is 7.11 Å². The number of nitrogens with zero attached hydrogens (tertiary/aromatic N) is 1. The third kappa shape index (κ3) is 5.98. The van der Waals surface area contributed by atoms with Gasteiger partial charge < -0.3 is 4.74 Å². The molecule has 0 aliphatic rings. The molecule has 0 spiro atoms. The number of ether oxygens (including phenoxy) is 1. The number of halogens is 1. The van der Waals surface area contributed by atoms with E-state index in [2.05, 4.69) is 34.7 Å². The van der Waals surface area contributed by atoms with Crippen LogP contribution in [0.15, 0.2) is 0 Å². The van der Waals surface area contributed by atoms with Crippen molar-refractivity contribution in [3.63, 3.8) is 0 Å². The largest absolute Gasteiger partial charge is 0.383 e. The Bertz CT molecular complexity index is 90.5. The van der Waals surface area contributed by atoms with Gasteiger partial charge >= 0.3 is 0 Å². The molecule has 0 saturated carbocycles. The smallest absolute Gasteiger partial charge is 0.0589 e. The molecular formula is C9H20BrNO. The minimum atomic E-state index is 0.624. The summed E-state index contributed by atoms with van der Waals surface area (Å²) in [7, 11) is 1.75. The van der Waals surface area contributed by atoms with Crippen LogP contribution in [0, 0.1) is 0 Å². The Morgan fingerprint density at radius 2 is 2.00 bits per heavy atom. The summed E-state index contributed by atoms with van der Waals surface area (Å²) in [6, 6.07) is 0.624. The van der Waals surface area contributed by atoms with Crippen LogP contribution in [0.2, 0.25) is 0 Å². The number of methoxy groups -OCH3 is 1. The molecule has 0 radical (unpaired) electrons. The first-order valence-corrected chi connectivity index (χ1v) is 5.63. The summed E-state index contributed by atoms with van der Waals surface area (Å²) in [4.78, 5) is 2.44. The van der Waals surface area contributed by atoms with Crippen LogP contribution < -0.4 is 0 Å². The van der Waals surface area contributed by atoms with Gasteiger partial charge in [0, 0.05) is 25.0 Å². The highest BCUT2D eigenvalue weighted by Gasteiger charge is 2.07. The standard InChI is InChI=1S/C9H20BrNO/c1-9(2)11(6-4-5-10)7-8-12-3/h9H,4-8H2,1-3H3. The van der Waals surface area contributed by atoms with E-state index in [-0.39, 0.29) is 0 Å². The van der Waals surface area contributed by atoms with Crippen LogP contribution in [0.5, 0.6) is 0 Å². The van der Waals surface area contributed by atoms with Crippen LogP contribution in [0.4, 0.5) is 0 Å². The van der Waals surface area contributed by atoms with E-state index in [0.29, 0.717) is 6.04 Å². The Morgan fingerprint density at radius 3 is 2.42 bits per heavy atom. The van der Waals surface area contributed by atoms with E-state index in [1.165, 1.54) is 6.42 Å². The Labute approximate surface area is 84.4 Å². The molecule has 0 rings (SSSR count). The number of hydrogen-bond donors (Lipinski definition) is 0. The Balaban J connectivity index is 3.55. The Hall–Kier alpha value is 0.400. The predicted octanol–water partition coefficient (Wildman–Crippen LogP) is 2.13. The summed E-state index contributed by atoms with van der Waals surface area (Å²) in [5.74, 6) is 0. The highest BCUT2D eigenvalue weighted by atomic mass is 79.9. The second kappa shape index (κ2) is 8.02. The average molecular weight is 238 g/mol. The van der Waals surface area contributed by atoms with Crippen LogP contribution in [0.1, 0.15) is 20.3 Å². The van der Waals surface area contributed by atoms with E-state index in [0.717, 1.165) is 25.0 Å². The van der Waals surface area contributed by atoms with Crippen molar-refractivity contribution in [2.75, 3.05) is 32.1 Å². The normalized spacial score (nSPS) is 11.5. The van der Waals surface area contributed by atoms with Crippen LogP contribution in [-0.2, 0) is 4.74 Å². The lowest BCUT2D eigenvalue weighted by Gasteiger charge is -2.25. The average Bonchev–Trinajstić information content (AvgIpc) is 2.04. The first-order valence-electron chi connectivity index (χ1n) is 4.51. The maximum atomic E-state index is 5.05. The minimum absolute atomic E-state index is 0.624. The SMILES string of the molecule is COCCN(CCCBr)C(C)C. The summed E-state index contributed by atoms with van der Waals surface area (Å²) < 4.78 is 5.05. The third-order valence-electron chi connectivity index (χ3n) is 1.89. The van der Waals surface area contributed by atoms with Crippen LogP contribution in [-0.4, -0.2) is 43.1 Å². The zero-order valence-corrected chi connectivity index (χ0v) is 9.93. The Morgan fingerprint density at radius 1 is 1.33 bits per heavy atom. The zero-order chi connectivity index (χ0) is 9.40. The fourth-order valence-electron chi connectivity index (χ4n) is 1.10. The molecule has 74 valence electrons. The first-order chi connectivity index (χ1) is 5.72. The van der Waals surface area contributed by atoms with Gasteiger partial charge in [0.1, 0.15) is 0 Å². The van der Waals surface area contributed by atoms with Crippen LogP contribution in [0.25, 0.3) is 0 Å². The van der Waals surface area contributed by atoms with E-state index in [9.17, 15) is 0 Å². The molecule has 0 aromatic carbocycles. The lowest BCUT2D eigenvalue weighted by Crippen LogP contribution is -2.34. The van der Waals surface area contributed by atoms with Gasteiger partial charge in [-0.3, -0.25) is 4.90 Å². The maximum absolute atomic E-state index is 5.05. The molecule has 2 nitrogen and oxygen atoms in total. The monoisotopic (exact) mass is 237 g/mol. The molecule has 0 aliphatic carbocycles. The molecule has 0 heterocycles. The molecule has 0 bridgehead atoms. The molecule has 0 fully saturated rings. The van der Waals surface area contributed by atoms with Crippen molar-refractivity contribution in [3.05, 3.63) is 0 Å². The van der Waals surface area contributed by atoms with Crippen LogP contribution >= 0.6 is 15.9 Å². The van der Waals surface area contributed by atoms with Crippen molar-refractivity contribution in [2.45, 2.75) is 26.3 Å². The molecule has 12 heavy (non-hydrogen) atoms. The second-order valence-corrected chi connectivity index (χ2v) is 3.96. The van der Waals surface area contributed by atoms with Gasteiger partial charge in [-0.2, -0.15) is 0 Å². The molecule has 0 amide bonds. The predicted molar refractivity (Wildman–Crippen MR) is 57.0 cm³/mol. The fraction of sp³-hybridized carbons (Fsp3) is 1.00. The summed E-state index contributed by atoms with van der Waals surface area (Å²) in [6.45, 7) is 7.49. The van der Waals surface area contributed by atoms with Crippen molar-refractivity contribution in [2.24, 2.45) is 0 Å². The number of alkyl halides is 1. The van der Waals surface area contributed by atoms with Crippen molar-refractivity contribution < 1.29 is 4.74 Å². The van der Waals surface area contributed by atoms with E-state index < -0.39 is 0 Å². The summed E-state index contributed by atoms with van der Waals surface area (Å²) in [5, 5.41) is 1.09. The molecule has 0 aromatic rings. The Kier molecular flexibility index (Phi) is 8.29. The maximum Gasteiger partial charge on any atom is 0.0589 e. The van der Waals surface area contributed by atoms with Crippen LogP contribution in [0.3, 0.4) is 0 Å². The minimum Gasteiger partial charge on any atom is -0.383 e. The fourth-order valence-corrected chi connectivity index (χ4v) is 1.35. The number of rotatable bonds is 7. The molecular weight excluding hydrogens is 218 g/mol. The van der Waals surface area contributed by atoms with Gasteiger partial charge in [0.15, 0.2) is 0 Å². The number of hydrogen-bond acceptors (Lipinski definition) is 2. The van der Waals surface area contributed by atoms with Gasteiger partial charge in [-0.15, -0.1) is 0 Å². The quantitative estimate of drug-likeness (QED) is 0.630. The molecule has 0 atom stereocenters. The van der Waals surface area contributed by atoms with E-state index in [1.807, 2.05) is 0 Å². The molecule has 3 heteroatoms. The van der Waals surface area contributed by atoms with Gasteiger partial charge in [0.2, 0.25) is 0 Å². The lowest BCUT2D eigenvalue weighted by molar-refractivity contribution is 0.130. The van der Waals surface area contributed by atoms with Crippen molar-refractivity contribution in [3.8, 4) is 0 Å². The first kappa shape index (κ1) is 12.4. The van der Waals surface area contributed by atoms with Crippen molar-refractivity contribution >= 4 is 15.9 Å². The van der Waals surface area contributed by atoms with E-state index >= 15 is 0 Å². The van der Waals surface area contributed by atoms with Gasteiger partial charge in [0.25, 0.3) is 0 Å². The highest BCUT2D eigenvalue weighted by molar-refractivity contribution is 9.09. The highest BCUT2D eigenvalue weighted by Crippen LogP contribution is 2.00. The second-order valence-electron chi connectivity index (χ2n) is 3.17. The van der Waals surface area contributed by atoms with Gasteiger partial charge in [0.05, 0.1) is 6.61 Å². The topological polar surface area (TPSA) is 12.5 Å². The van der Waals surface area contributed by atoms with Crippen molar-refractivity contribution in [1.29, 1.82) is 0 Å². The molecule has 0 aromatic heterocycles. The summed E-state index contributed by atoms with van der Waals surface area (Å²) in [5.41, 5.74) is 0. The summed E-state index contributed by atoms with van der Waals surface area (Å²) in [6.07, 6.45) is 1.21. The lowest BCUT2D eigenvalue weighted by atomic mass is 10.3. The third-order valence-corrected chi connectivity index (χ3v) is 2.45. The van der Waals surface area contributed by atoms with Gasteiger partial charge in [-0.25, -0.2) is 0 Å². The van der Waals surface area contributed by atoms with Gasteiger partial charge in [-0.1, -0.05) is 15.9 Å².